The lowest BCUT2D eigenvalue weighted by molar-refractivity contribution is 0.373. The van der Waals surface area contributed by atoms with Crippen LogP contribution in [0.25, 0.3) is 0 Å². The summed E-state index contributed by atoms with van der Waals surface area (Å²) in [6.45, 7) is 0. The van der Waals surface area contributed by atoms with Crippen LogP contribution in [0.15, 0.2) is 215 Å². The van der Waals surface area contributed by atoms with E-state index in [1.165, 1.54) is 140 Å². The van der Waals surface area contributed by atoms with Gasteiger partial charge in [0, 0.05) is 132 Å². The summed E-state index contributed by atoms with van der Waals surface area (Å²) < 4.78 is 35.2. The van der Waals surface area contributed by atoms with Crippen LogP contribution in [-0.4, -0.2) is 91.9 Å². The molecule has 37 heteroatoms. The Balaban J connectivity index is 0.000000169. The highest BCUT2D eigenvalue weighted by molar-refractivity contribution is 9.11. The zero-order valence-electron chi connectivity index (χ0n) is 68.1. The van der Waals surface area contributed by atoms with Crippen molar-refractivity contribution in [3.63, 3.8) is 0 Å². The maximum atomic E-state index is 10.9. The monoisotopic (exact) mass is 2150 g/mol. The summed E-state index contributed by atoms with van der Waals surface area (Å²) in [6, 6.07) is 31.6. The van der Waals surface area contributed by atoms with Crippen LogP contribution in [0.1, 0.15) is 66.8 Å². The second-order valence-corrected chi connectivity index (χ2v) is 36.7. The van der Waals surface area contributed by atoms with Crippen LogP contribution in [-0.2, 0) is 77.0 Å². The zero-order valence-corrected chi connectivity index (χ0v) is 79.6. The van der Waals surface area contributed by atoms with Crippen molar-refractivity contribution < 1.29 is 120 Å². The third kappa shape index (κ3) is 24.5. The first kappa shape index (κ1) is 98.9. The van der Waals surface area contributed by atoms with Crippen LogP contribution in [0.4, 0.5) is 0 Å². The van der Waals surface area contributed by atoms with E-state index in [2.05, 4.69) is 31.9 Å². The fourth-order valence-corrected chi connectivity index (χ4v) is 16.9. The smallest absolute Gasteiger partial charge is 0.211 e. The highest BCUT2D eigenvalue weighted by atomic mass is 79.9. The van der Waals surface area contributed by atoms with Gasteiger partial charge in [-0.15, -0.1) is 0 Å². The summed E-state index contributed by atoms with van der Waals surface area (Å²) >= 11 is 76.9. The first-order chi connectivity index (χ1) is 63.0. The minimum Gasteiger partial charge on any atom is -0.508 e. The molecule has 0 radical (unpaired) electrons. The molecule has 0 saturated heterocycles. The number of hydrogen-bond acceptors (Lipinski definition) is 24. The molecule has 12 aromatic rings. The van der Waals surface area contributed by atoms with E-state index in [1.807, 2.05) is 0 Å². The van der Waals surface area contributed by atoms with Crippen LogP contribution in [0.5, 0.6) is 172 Å². The van der Waals surface area contributed by atoms with Gasteiger partial charge < -0.3 is 120 Å². The molecule has 24 nitrogen and oxygen atoms in total. The molecule has 24 bridgehead atoms. The van der Waals surface area contributed by atoms with E-state index < -0.39 is 11.5 Å². The molecule has 18 N–H and O–H groups in total. The summed E-state index contributed by atoms with van der Waals surface area (Å²) in [6.07, 6.45) is 11.3. The van der Waals surface area contributed by atoms with Crippen LogP contribution >= 0.6 is 159 Å². The summed E-state index contributed by atoms with van der Waals surface area (Å²) in [4.78, 5) is 0. The summed E-state index contributed by atoms with van der Waals surface area (Å²) in [5.74, 6) is -6.20. The van der Waals surface area contributed by atoms with Crippen molar-refractivity contribution in [2.75, 3.05) is 0 Å². The van der Waals surface area contributed by atoms with E-state index in [0.29, 0.717) is 101 Å². The predicted molar refractivity (Wildman–Crippen MR) is 516 cm³/mol. The van der Waals surface area contributed by atoms with E-state index in [9.17, 15) is 91.9 Å². The Morgan fingerprint density at radius 1 is 0.188 bits per heavy atom. The number of phenols is 18. The largest absolute Gasteiger partial charge is 0.508 e. The van der Waals surface area contributed by atoms with Crippen LogP contribution < -0.4 is 28.4 Å². The Morgan fingerprint density at radius 3 is 0.594 bits per heavy atom. The van der Waals surface area contributed by atoms with Crippen molar-refractivity contribution in [2.45, 2.75) is 77.0 Å². The standard InChI is InChI=1S/C32H23BrCl4O8.C32H24BrCl3O8.C32H24Cl4O8/c33-29-17-8-19(35)4-2-16-10-27(20(36)12-22(16)38)44-31-24(40)6-14(7-25(31)41)5-18(34)3-1-15-11-28(21(37)13-23(15)39)45-32(30(29)43)26(42)9-17;33-21-13-23(37)17-1-3-19(34)6-16-9-27(41)32(28(42)10-16)44-30-12-18(24(38)14-22(30)36)2-4-20(35)5-15-7-25(39)31(26(40)8-15)43-29(21)11-17;33-19-3-1-17-11-29(21(35)13-23(17)37)43-31-27(41)9-16(10-28(31)42)6-20(34)4-2-18-12-30(22(36)14-24(18)38)44-32-25(39)7-15(5-19)8-26(32)40/h3-4,6-7,9-13,38-43H,1-2,5,8H2;2*3-4,7-14,37-42H,1-2,5-6H2/b18-3+,19-4+;2*19-3+,20-4+. The normalized spacial score (nSPS) is 16.2. The van der Waals surface area contributed by atoms with Gasteiger partial charge in [-0.05, 0) is 213 Å². The van der Waals surface area contributed by atoms with Crippen LogP contribution in [0.3, 0.4) is 0 Å². The average Bonchev–Trinajstić information content (AvgIpc) is 0.812. The summed E-state index contributed by atoms with van der Waals surface area (Å²) in [5, 5.41) is 193. The molecule has 0 aliphatic carbocycles. The van der Waals surface area contributed by atoms with Gasteiger partial charge >= 0.3 is 0 Å². The van der Waals surface area contributed by atoms with Gasteiger partial charge in [0.15, 0.2) is 69.0 Å². The van der Waals surface area contributed by atoms with Crippen molar-refractivity contribution in [2.24, 2.45) is 0 Å². The molecule has 0 aromatic heterocycles. The van der Waals surface area contributed by atoms with Gasteiger partial charge in [0.25, 0.3) is 0 Å². The quantitative estimate of drug-likeness (QED) is 0.0670. The first-order valence-corrected chi connectivity index (χ1v) is 45.0. The van der Waals surface area contributed by atoms with E-state index >= 15 is 0 Å². The van der Waals surface area contributed by atoms with Crippen molar-refractivity contribution in [3.8, 4) is 172 Å². The summed E-state index contributed by atoms with van der Waals surface area (Å²) in [5.41, 5.74) is 5.05. The third-order valence-corrected chi connectivity index (χ3v) is 25.1. The van der Waals surface area contributed by atoms with Gasteiger partial charge in [0.1, 0.15) is 69.0 Å². The number of hydrogen-bond donors (Lipinski definition) is 18. The molecule has 0 unspecified atom stereocenters. The molecule has 133 heavy (non-hydrogen) atoms. The Bertz CT molecular complexity index is 6190. The van der Waals surface area contributed by atoms with Gasteiger partial charge in [-0.25, -0.2) is 0 Å². The van der Waals surface area contributed by atoms with Crippen molar-refractivity contribution >= 4 is 159 Å². The number of phenolic OH excluding ortho intramolecular Hbond substituents is 18. The molecule has 12 heterocycles. The lowest BCUT2D eigenvalue weighted by Crippen LogP contribution is -1.95. The number of aromatic hydroxyl groups is 18. The molecule has 24 rings (SSSR count). The Labute approximate surface area is 829 Å². The molecular formula is C96H71Br2Cl11O24. The molecule has 0 spiro atoms. The molecular weight excluding hydrogens is 2090 g/mol. The molecule has 12 aliphatic heterocycles. The van der Waals surface area contributed by atoms with E-state index in [-0.39, 0.29) is 268 Å². The van der Waals surface area contributed by atoms with Gasteiger partial charge in [0.05, 0.1) is 34.1 Å². The number of benzene rings is 12. The predicted octanol–water partition coefficient (Wildman–Crippen LogP) is 27.7. The van der Waals surface area contributed by atoms with Crippen LogP contribution in [0, 0.1) is 0 Å². The van der Waals surface area contributed by atoms with E-state index in [1.54, 1.807) is 36.5 Å². The Kier molecular flexibility index (Phi) is 31.8. The molecule has 0 amide bonds. The highest BCUT2D eigenvalue weighted by Crippen LogP contribution is 2.54. The second kappa shape index (κ2) is 42.8. The van der Waals surface area contributed by atoms with Gasteiger partial charge in [-0.3, -0.25) is 0 Å². The number of allylic oxidation sites excluding steroid dienone is 12. The second-order valence-electron chi connectivity index (χ2n) is 30.1. The minimum atomic E-state index is -0.410. The molecule has 0 atom stereocenters. The van der Waals surface area contributed by atoms with Crippen molar-refractivity contribution in [3.05, 3.63) is 307 Å². The molecule has 12 aliphatic rings. The lowest BCUT2D eigenvalue weighted by Gasteiger charge is -2.16. The number of rotatable bonds is 0. The zero-order chi connectivity index (χ0) is 96.0. The SMILES string of the molecule is Oc1cc(Cl)c2cc1C/C=C(/Cl)Cc1cc(O)c(c(O)c1)Oc1cc(c(O)cc1Br)C/C=C(/Cl)Cc1cc(O)c(c(O)c1)O2.Oc1cc(Cl)c2cc1C/C=C(/Cl)Cc1cc(O)c(c(O)c1)Oc1cc(c(O)cc1Cl)C/C=C(/Cl)Cc1cc(O)c(c(O)c1)O2.Oc1cc(Cl)c2cc1C/C=C(/Cl)Cc1cc(O)c(c(O)c1Br)Oc1cc(c(O)cc1Cl)C/C=C(/Cl)Cc1cc(O)c(c(O)c1)O2. The Morgan fingerprint density at radius 2 is 0.368 bits per heavy atom. The molecule has 12 aromatic carbocycles. The number of halogens is 13. The van der Waals surface area contributed by atoms with Crippen molar-refractivity contribution in [1.82, 2.24) is 0 Å². The molecule has 0 saturated carbocycles. The topological polar surface area (TPSA) is 420 Å². The van der Waals surface area contributed by atoms with Crippen LogP contribution in [0.2, 0.25) is 25.1 Å². The average molecular weight is 2160 g/mol. The van der Waals surface area contributed by atoms with Gasteiger partial charge in [-0.2, -0.15) is 0 Å². The minimum absolute atomic E-state index is 0.0135. The van der Waals surface area contributed by atoms with E-state index in [4.69, 9.17) is 156 Å². The fourth-order valence-electron chi connectivity index (χ4n) is 13.7. The number of ether oxygens (including phenoxy) is 6. The summed E-state index contributed by atoms with van der Waals surface area (Å²) in [7, 11) is 0. The molecule has 690 valence electrons. The fraction of sp³-hybridized carbons (Fsp3) is 0.125. The third-order valence-electron chi connectivity index (χ3n) is 20.4. The maximum Gasteiger partial charge on any atom is 0.211 e. The van der Waals surface area contributed by atoms with Gasteiger partial charge in [-0.1, -0.05) is 164 Å². The molecule has 0 fully saturated rings. The highest BCUT2D eigenvalue weighted by Gasteiger charge is 2.27. The Hall–Kier alpha value is -11.6. The van der Waals surface area contributed by atoms with Crippen molar-refractivity contribution in [1.29, 1.82) is 0 Å². The first-order valence-electron chi connectivity index (χ1n) is 39.3. The lowest BCUT2D eigenvalue weighted by atomic mass is 10.1. The maximum absolute atomic E-state index is 10.9. The van der Waals surface area contributed by atoms with Gasteiger partial charge in [0.2, 0.25) is 34.5 Å². The van der Waals surface area contributed by atoms with E-state index in [0.717, 1.165) is 0 Å².